The number of hydrogen-bond acceptors (Lipinski definition) is 2. The molecule has 2 nitrogen and oxygen atoms in total. The molecule has 0 spiro atoms. The number of ketones is 1. The van der Waals surface area contributed by atoms with Crippen molar-refractivity contribution in [1.29, 1.82) is 0 Å². The highest BCUT2D eigenvalue weighted by atomic mass is 19.1. The number of aryl methyl sites for hydroxylation is 1. The summed E-state index contributed by atoms with van der Waals surface area (Å²) in [5.41, 5.74) is 1.05. The molecule has 3 heteroatoms. The van der Waals surface area contributed by atoms with Crippen LogP contribution in [0.15, 0.2) is 18.2 Å². The van der Waals surface area contributed by atoms with Crippen LogP contribution in [0, 0.1) is 12.7 Å². The van der Waals surface area contributed by atoms with Crippen molar-refractivity contribution < 1.29 is 13.9 Å². The number of carbonyl (C=O) groups is 1. The van der Waals surface area contributed by atoms with Gasteiger partial charge in [-0.15, -0.1) is 0 Å². The molecule has 0 N–H and O–H groups in total. The van der Waals surface area contributed by atoms with Crippen molar-refractivity contribution in [3.63, 3.8) is 0 Å². The summed E-state index contributed by atoms with van der Waals surface area (Å²) in [4.78, 5) is 12.0. The van der Waals surface area contributed by atoms with E-state index in [2.05, 4.69) is 0 Å². The molecule has 1 aliphatic heterocycles. The van der Waals surface area contributed by atoms with Gasteiger partial charge in [-0.3, -0.25) is 4.79 Å². The van der Waals surface area contributed by atoms with Crippen molar-refractivity contribution in [3.05, 3.63) is 35.1 Å². The van der Waals surface area contributed by atoms with E-state index in [0.29, 0.717) is 13.0 Å². The zero-order valence-corrected chi connectivity index (χ0v) is 9.33. The van der Waals surface area contributed by atoms with E-state index in [0.717, 1.165) is 18.4 Å². The van der Waals surface area contributed by atoms with Gasteiger partial charge >= 0.3 is 0 Å². The van der Waals surface area contributed by atoms with Gasteiger partial charge in [0.1, 0.15) is 11.9 Å². The van der Waals surface area contributed by atoms with Gasteiger partial charge in [0.05, 0.1) is 5.56 Å². The number of hydrogen-bond donors (Lipinski definition) is 0. The highest BCUT2D eigenvalue weighted by molar-refractivity contribution is 5.99. The lowest BCUT2D eigenvalue weighted by Crippen LogP contribution is -2.28. The molecule has 1 aromatic carbocycles. The van der Waals surface area contributed by atoms with E-state index in [1.807, 2.05) is 6.92 Å². The molecule has 86 valence electrons. The Morgan fingerprint density at radius 1 is 1.44 bits per heavy atom. The number of ether oxygens (including phenoxy) is 1. The minimum atomic E-state index is -0.454. The lowest BCUT2D eigenvalue weighted by molar-refractivity contribution is 0.0183. The van der Waals surface area contributed by atoms with E-state index in [-0.39, 0.29) is 11.3 Å². The molecule has 1 fully saturated rings. The van der Waals surface area contributed by atoms with Crippen molar-refractivity contribution in [2.24, 2.45) is 0 Å². The van der Waals surface area contributed by atoms with Gasteiger partial charge in [0.2, 0.25) is 0 Å². The Labute approximate surface area is 94.4 Å². The first-order valence-electron chi connectivity index (χ1n) is 5.60. The number of benzene rings is 1. The van der Waals surface area contributed by atoms with E-state index >= 15 is 0 Å². The average molecular weight is 222 g/mol. The number of rotatable bonds is 2. The second-order valence-corrected chi connectivity index (χ2v) is 4.20. The lowest BCUT2D eigenvalue weighted by atomic mass is 9.98. The third kappa shape index (κ3) is 2.30. The molecule has 1 aliphatic rings. The smallest absolute Gasteiger partial charge is 0.194 e. The molecule has 0 saturated carbocycles. The largest absolute Gasteiger partial charge is 0.370 e. The quantitative estimate of drug-likeness (QED) is 0.719. The summed E-state index contributed by atoms with van der Waals surface area (Å²) < 4.78 is 18.9. The first-order valence-corrected chi connectivity index (χ1v) is 5.60. The Morgan fingerprint density at radius 2 is 2.25 bits per heavy atom. The predicted octanol–water partition coefficient (Wildman–Crippen LogP) is 2.89. The van der Waals surface area contributed by atoms with Crippen molar-refractivity contribution in [2.45, 2.75) is 32.3 Å². The molecule has 0 radical (unpaired) electrons. The van der Waals surface area contributed by atoms with Crippen LogP contribution in [0.1, 0.15) is 35.2 Å². The fourth-order valence-electron chi connectivity index (χ4n) is 1.95. The maximum atomic E-state index is 13.5. The Kier molecular flexibility index (Phi) is 3.34. The predicted molar refractivity (Wildman–Crippen MR) is 59.1 cm³/mol. The molecule has 1 unspecified atom stereocenters. The summed E-state index contributed by atoms with van der Waals surface area (Å²) in [6, 6.07) is 4.59. The normalized spacial score (nSPS) is 20.8. The lowest BCUT2D eigenvalue weighted by Gasteiger charge is -2.21. The minimum Gasteiger partial charge on any atom is -0.370 e. The van der Waals surface area contributed by atoms with E-state index in [4.69, 9.17) is 4.74 Å². The van der Waals surface area contributed by atoms with Crippen LogP contribution in [-0.2, 0) is 4.74 Å². The van der Waals surface area contributed by atoms with Gasteiger partial charge in [-0.2, -0.15) is 0 Å². The molecule has 1 atom stereocenters. The minimum absolute atomic E-state index is 0.159. The van der Waals surface area contributed by atoms with Crippen molar-refractivity contribution in [2.75, 3.05) is 6.61 Å². The fourth-order valence-corrected chi connectivity index (χ4v) is 1.95. The number of halogens is 1. The Morgan fingerprint density at radius 3 is 2.94 bits per heavy atom. The van der Waals surface area contributed by atoms with Crippen LogP contribution in [0.3, 0.4) is 0 Å². The maximum absolute atomic E-state index is 13.5. The van der Waals surface area contributed by atoms with Crippen LogP contribution in [0.4, 0.5) is 4.39 Å². The molecule has 16 heavy (non-hydrogen) atoms. The molecule has 0 aliphatic carbocycles. The summed E-state index contributed by atoms with van der Waals surface area (Å²) in [6.07, 6.45) is 2.21. The number of carbonyl (C=O) groups excluding carboxylic acids is 1. The van der Waals surface area contributed by atoms with Crippen molar-refractivity contribution in [1.82, 2.24) is 0 Å². The Hall–Kier alpha value is -1.22. The zero-order chi connectivity index (χ0) is 11.5. The van der Waals surface area contributed by atoms with Gasteiger partial charge in [0, 0.05) is 6.61 Å². The number of Topliss-reactive ketones (excluding diaryl/α,β-unsaturated/α-hetero) is 1. The standard InChI is InChI=1S/C13H15FO2/c1-9-5-6-11(14)10(8-9)13(15)12-4-2-3-7-16-12/h5-6,8,12H,2-4,7H2,1H3. The Balaban J connectivity index is 2.22. The highest BCUT2D eigenvalue weighted by Crippen LogP contribution is 2.19. The first kappa shape index (κ1) is 11.3. The first-order chi connectivity index (χ1) is 7.68. The maximum Gasteiger partial charge on any atom is 0.194 e. The van der Waals surface area contributed by atoms with Gasteiger partial charge in [0.25, 0.3) is 0 Å². The summed E-state index contributed by atoms with van der Waals surface area (Å²) in [7, 11) is 0. The van der Waals surface area contributed by atoms with Crippen molar-refractivity contribution >= 4 is 5.78 Å². The molecule has 1 aromatic rings. The second kappa shape index (κ2) is 4.74. The van der Waals surface area contributed by atoms with Crippen LogP contribution in [0.2, 0.25) is 0 Å². The summed E-state index contributed by atoms with van der Waals surface area (Å²) in [5.74, 6) is -0.675. The molecule has 1 heterocycles. The molecule has 0 bridgehead atoms. The van der Waals surface area contributed by atoms with Gasteiger partial charge in [-0.1, -0.05) is 11.6 Å². The summed E-state index contributed by atoms with van der Waals surface area (Å²) in [6.45, 7) is 2.45. The Bertz CT molecular complexity index is 395. The van der Waals surface area contributed by atoms with Gasteiger partial charge in [-0.05, 0) is 38.3 Å². The van der Waals surface area contributed by atoms with E-state index in [1.165, 1.54) is 6.07 Å². The van der Waals surface area contributed by atoms with Gasteiger partial charge in [0.15, 0.2) is 5.78 Å². The molecule has 0 aromatic heterocycles. The van der Waals surface area contributed by atoms with Crippen LogP contribution in [0.25, 0.3) is 0 Å². The fraction of sp³-hybridized carbons (Fsp3) is 0.462. The van der Waals surface area contributed by atoms with Gasteiger partial charge < -0.3 is 4.74 Å². The molecule has 2 rings (SSSR count). The molecular weight excluding hydrogens is 207 g/mol. The zero-order valence-electron chi connectivity index (χ0n) is 9.33. The summed E-state index contributed by atoms with van der Waals surface area (Å²) >= 11 is 0. The van der Waals surface area contributed by atoms with E-state index < -0.39 is 11.9 Å². The molecule has 1 saturated heterocycles. The molecular formula is C13H15FO2. The molecule has 0 amide bonds. The monoisotopic (exact) mass is 222 g/mol. The van der Waals surface area contributed by atoms with Crippen LogP contribution >= 0.6 is 0 Å². The van der Waals surface area contributed by atoms with Crippen LogP contribution in [0.5, 0.6) is 0 Å². The van der Waals surface area contributed by atoms with Crippen LogP contribution < -0.4 is 0 Å². The third-order valence-electron chi connectivity index (χ3n) is 2.86. The van der Waals surface area contributed by atoms with Gasteiger partial charge in [-0.25, -0.2) is 4.39 Å². The van der Waals surface area contributed by atoms with Crippen LogP contribution in [-0.4, -0.2) is 18.5 Å². The highest BCUT2D eigenvalue weighted by Gasteiger charge is 2.25. The van der Waals surface area contributed by atoms with Crippen molar-refractivity contribution in [3.8, 4) is 0 Å². The van der Waals surface area contributed by atoms with E-state index in [9.17, 15) is 9.18 Å². The van der Waals surface area contributed by atoms with E-state index in [1.54, 1.807) is 12.1 Å². The average Bonchev–Trinajstić information content (AvgIpc) is 2.32. The summed E-state index contributed by atoms with van der Waals surface area (Å²) in [5, 5.41) is 0. The second-order valence-electron chi connectivity index (χ2n) is 4.20. The topological polar surface area (TPSA) is 26.3 Å². The SMILES string of the molecule is Cc1ccc(F)c(C(=O)C2CCCCO2)c1. The third-order valence-corrected chi connectivity index (χ3v) is 2.86.